The normalized spacial score (nSPS) is 11.7. The van der Waals surface area contributed by atoms with Crippen LogP contribution in [0.3, 0.4) is 0 Å². The molecule has 0 N–H and O–H groups in total. The summed E-state index contributed by atoms with van der Waals surface area (Å²) in [6.07, 6.45) is 0. The molecule has 9 rings (SSSR count). The van der Waals surface area contributed by atoms with E-state index in [2.05, 4.69) is 101 Å². The van der Waals surface area contributed by atoms with E-state index in [1.807, 2.05) is 60.7 Å². The van der Waals surface area contributed by atoms with E-state index < -0.39 is 0 Å². The summed E-state index contributed by atoms with van der Waals surface area (Å²) in [5.41, 5.74) is 8.70. The molecule has 0 radical (unpaired) electrons. The smallest absolute Gasteiger partial charge is 0.238 e. The predicted octanol–water partition coefficient (Wildman–Crippen LogP) is 9.71. The lowest BCUT2D eigenvalue weighted by molar-refractivity contribution is 0.953. The predicted molar refractivity (Wildman–Crippen MR) is 184 cm³/mol. The Morgan fingerprint density at radius 3 is 1.62 bits per heavy atom. The van der Waals surface area contributed by atoms with Gasteiger partial charge in [-0.15, -0.1) is 0 Å². The largest absolute Gasteiger partial charge is 0.309 e. The second-order valence-corrected chi connectivity index (χ2v) is 11.4. The van der Waals surface area contributed by atoms with Gasteiger partial charge in [0.2, 0.25) is 5.95 Å². The molecule has 5 nitrogen and oxygen atoms in total. The average molecular weight is 578 g/mol. The molecule has 0 aliphatic rings. The van der Waals surface area contributed by atoms with Gasteiger partial charge in [-0.1, -0.05) is 121 Å². The molecular formula is C40H27N5. The Kier molecular flexibility index (Phi) is 5.65. The van der Waals surface area contributed by atoms with Crippen LogP contribution in [0.2, 0.25) is 0 Å². The first-order valence-electron chi connectivity index (χ1n) is 15.1. The maximum atomic E-state index is 5.12. The van der Waals surface area contributed by atoms with Crippen LogP contribution < -0.4 is 0 Å². The van der Waals surface area contributed by atoms with Gasteiger partial charge in [0, 0.05) is 38.4 Å². The van der Waals surface area contributed by atoms with Crippen LogP contribution in [-0.2, 0) is 0 Å². The van der Waals surface area contributed by atoms with Gasteiger partial charge in [-0.25, -0.2) is 4.98 Å². The molecule has 0 bridgehead atoms. The summed E-state index contributed by atoms with van der Waals surface area (Å²) in [5, 5.41) is 4.76. The lowest BCUT2D eigenvalue weighted by Crippen LogP contribution is -2.06. The molecule has 0 saturated heterocycles. The molecule has 0 unspecified atom stereocenters. The first-order valence-corrected chi connectivity index (χ1v) is 15.1. The minimum atomic E-state index is 0.589. The molecular weight excluding hydrogens is 550 g/mol. The minimum absolute atomic E-state index is 0.589. The van der Waals surface area contributed by atoms with Crippen molar-refractivity contribution in [2.45, 2.75) is 6.92 Å². The molecule has 0 aliphatic heterocycles. The molecule has 6 aromatic carbocycles. The highest BCUT2D eigenvalue weighted by Crippen LogP contribution is 2.41. The van der Waals surface area contributed by atoms with Crippen LogP contribution in [0.25, 0.3) is 78.0 Å². The van der Waals surface area contributed by atoms with Crippen molar-refractivity contribution in [1.82, 2.24) is 24.1 Å². The summed E-state index contributed by atoms with van der Waals surface area (Å²) in [6.45, 7) is 2.13. The average Bonchev–Trinajstić information content (AvgIpc) is 3.62. The van der Waals surface area contributed by atoms with Crippen LogP contribution in [0.4, 0.5) is 0 Å². The van der Waals surface area contributed by atoms with E-state index in [9.17, 15) is 0 Å². The first-order chi connectivity index (χ1) is 22.2. The highest BCUT2D eigenvalue weighted by atomic mass is 15.2. The Morgan fingerprint density at radius 1 is 0.422 bits per heavy atom. The van der Waals surface area contributed by atoms with Crippen LogP contribution in [0.1, 0.15) is 5.56 Å². The Bertz CT molecular complexity index is 2470. The van der Waals surface area contributed by atoms with E-state index in [0.29, 0.717) is 17.6 Å². The zero-order valence-corrected chi connectivity index (χ0v) is 24.6. The molecule has 45 heavy (non-hydrogen) atoms. The number of hydrogen-bond acceptors (Lipinski definition) is 3. The summed E-state index contributed by atoms with van der Waals surface area (Å²) >= 11 is 0. The zero-order chi connectivity index (χ0) is 29.9. The maximum Gasteiger partial charge on any atom is 0.238 e. The fourth-order valence-electron chi connectivity index (χ4n) is 6.58. The van der Waals surface area contributed by atoms with Gasteiger partial charge in [0.1, 0.15) is 0 Å². The van der Waals surface area contributed by atoms with Gasteiger partial charge >= 0.3 is 0 Å². The van der Waals surface area contributed by atoms with Crippen molar-refractivity contribution in [3.8, 4) is 34.4 Å². The lowest BCUT2D eigenvalue weighted by atomic mass is 10.1. The van der Waals surface area contributed by atoms with Crippen molar-refractivity contribution in [1.29, 1.82) is 0 Å². The molecule has 212 valence electrons. The zero-order valence-electron chi connectivity index (χ0n) is 24.6. The van der Waals surface area contributed by atoms with Crippen LogP contribution >= 0.6 is 0 Å². The maximum absolute atomic E-state index is 5.12. The first kappa shape index (κ1) is 25.4. The third-order valence-corrected chi connectivity index (χ3v) is 8.65. The number of aromatic nitrogens is 5. The van der Waals surface area contributed by atoms with Crippen molar-refractivity contribution < 1.29 is 0 Å². The summed E-state index contributed by atoms with van der Waals surface area (Å²) < 4.78 is 4.60. The van der Waals surface area contributed by atoms with Gasteiger partial charge in [-0.2, -0.15) is 9.97 Å². The summed E-state index contributed by atoms with van der Waals surface area (Å²) in [6, 6.07) is 50.8. The number of hydrogen-bond donors (Lipinski definition) is 0. The SMILES string of the molecule is Cc1ccc(-n2c3ccccc3c3ccc4c(c5ccccc5n4-c4nc(-c5ccccc5)nc(-c5ccccc5)n4)c32)cc1. The summed E-state index contributed by atoms with van der Waals surface area (Å²) in [7, 11) is 0. The van der Waals surface area contributed by atoms with Gasteiger partial charge < -0.3 is 4.57 Å². The van der Waals surface area contributed by atoms with Crippen molar-refractivity contribution >= 4 is 43.6 Å². The number of benzene rings is 6. The van der Waals surface area contributed by atoms with E-state index >= 15 is 0 Å². The van der Waals surface area contributed by atoms with Gasteiger partial charge in [-0.3, -0.25) is 4.57 Å². The molecule has 0 spiro atoms. The number of para-hydroxylation sites is 2. The third-order valence-electron chi connectivity index (χ3n) is 8.65. The standard InChI is InChI=1S/C40H27N5/c1-26-20-22-29(23-21-26)44-33-18-10-8-16-30(33)31-24-25-35-36(37(31)44)32-17-9-11-19-34(32)45(35)40-42-38(27-12-4-2-5-13-27)41-39(43-40)28-14-6-3-7-15-28/h2-25H,1H3. The molecule has 0 fully saturated rings. The monoisotopic (exact) mass is 577 g/mol. The van der Waals surface area contributed by atoms with Crippen LogP contribution in [-0.4, -0.2) is 24.1 Å². The van der Waals surface area contributed by atoms with E-state index in [1.165, 1.54) is 32.8 Å². The Hall–Kier alpha value is -6.07. The quantitative estimate of drug-likeness (QED) is 0.209. The number of fused-ring (bicyclic) bond motifs is 7. The van der Waals surface area contributed by atoms with Gasteiger partial charge in [0.05, 0.1) is 22.1 Å². The highest BCUT2D eigenvalue weighted by Gasteiger charge is 2.22. The highest BCUT2D eigenvalue weighted by molar-refractivity contribution is 6.26. The molecule has 0 atom stereocenters. The van der Waals surface area contributed by atoms with E-state index in [0.717, 1.165) is 33.2 Å². The third kappa shape index (κ3) is 3.98. The number of nitrogens with zero attached hydrogens (tertiary/aromatic N) is 5. The van der Waals surface area contributed by atoms with Crippen LogP contribution in [0, 0.1) is 6.92 Å². The molecule has 0 amide bonds. The molecule has 5 heteroatoms. The summed E-state index contributed by atoms with van der Waals surface area (Å²) in [5.74, 6) is 1.87. The molecule has 3 aromatic heterocycles. The Balaban J connectivity index is 1.42. The number of rotatable bonds is 4. The van der Waals surface area contributed by atoms with Crippen molar-refractivity contribution in [2.75, 3.05) is 0 Å². The van der Waals surface area contributed by atoms with E-state index in [4.69, 9.17) is 15.0 Å². The fraction of sp³-hybridized carbons (Fsp3) is 0.0250. The minimum Gasteiger partial charge on any atom is -0.309 e. The topological polar surface area (TPSA) is 48.5 Å². The van der Waals surface area contributed by atoms with E-state index in [1.54, 1.807) is 0 Å². The van der Waals surface area contributed by atoms with Crippen molar-refractivity contribution in [2.24, 2.45) is 0 Å². The van der Waals surface area contributed by atoms with Crippen molar-refractivity contribution in [3.05, 3.63) is 151 Å². The Labute approximate surface area is 259 Å². The second-order valence-electron chi connectivity index (χ2n) is 11.4. The molecule has 9 aromatic rings. The van der Waals surface area contributed by atoms with Gasteiger partial charge in [-0.05, 0) is 37.3 Å². The fourth-order valence-corrected chi connectivity index (χ4v) is 6.58. The van der Waals surface area contributed by atoms with Gasteiger partial charge in [0.15, 0.2) is 11.6 Å². The molecule has 0 saturated carbocycles. The van der Waals surface area contributed by atoms with Crippen LogP contribution in [0.15, 0.2) is 146 Å². The number of aryl methyl sites for hydroxylation is 1. The lowest BCUT2D eigenvalue weighted by Gasteiger charge is -2.11. The second kappa shape index (κ2) is 10.00. The van der Waals surface area contributed by atoms with Crippen molar-refractivity contribution in [3.63, 3.8) is 0 Å². The van der Waals surface area contributed by atoms with E-state index in [-0.39, 0.29) is 0 Å². The van der Waals surface area contributed by atoms with Gasteiger partial charge in [0.25, 0.3) is 0 Å². The Morgan fingerprint density at radius 2 is 0.978 bits per heavy atom. The molecule has 3 heterocycles. The molecule has 0 aliphatic carbocycles. The van der Waals surface area contributed by atoms with Crippen LogP contribution in [0.5, 0.6) is 0 Å². The summed E-state index contributed by atoms with van der Waals surface area (Å²) in [4.78, 5) is 15.2.